The van der Waals surface area contributed by atoms with Crippen LogP contribution in [0.1, 0.15) is 26.2 Å². The van der Waals surface area contributed by atoms with Crippen molar-refractivity contribution in [1.82, 2.24) is 0 Å². The first-order valence-electron chi connectivity index (χ1n) is 2.75. The number of carboxylic acids is 1. The summed E-state index contributed by atoms with van der Waals surface area (Å²) in [7, 11) is 0. The summed E-state index contributed by atoms with van der Waals surface area (Å²) in [5.41, 5.74) is 0. The van der Waals surface area contributed by atoms with Gasteiger partial charge in [-0.3, -0.25) is 4.79 Å². The van der Waals surface area contributed by atoms with Crippen molar-refractivity contribution >= 4 is 5.97 Å². The summed E-state index contributed by atoms with van der Waals surface area (Å²) in [6, 6.07) is 0. The lowest BCUT2D eigenvalue weighted by molar-refractivity contribution is -0.137. The number of carboxylic acid groups (broad SMARTS) is 1. The van der Waals surface area contributed by atoms with Gasteiger partial charge >= 0.3 is 5.97 Å². The van der Waals surface area contributed by atoms with Gasteiger partial charge in [0.05, 0.1) is 0 Å². The third-order valence-electron chi connectivity index (χ3n) is 0.744. The summed E-state index contributed by atoms with van der Waals surface area (Å²) in [4.78, 5) is 9.76. The normalized spacial score (nSPS) is 7.44. The Labute approximate surface area is 54.2 Å². The highest BCUT2D eigenvalue weighted by Crippen LogP contribution is 1.91. The number of rotatable bonds is 3. The summed E-state index contributed by atoms with van der Waals surface area (Å²) in [5, 5.41) is 14.5. The molecule has 0 fully saturated rings. The molecule has 4 heteroatoms. The Morgan fingerprint density at radius 3 is 2.11 bits per heavy atom. The van der Waals surface area contributed by atoms with Crippen molar-refractivity contribution in [3.05, 3.63) is 0 Å². The van der Waals surface area contributed by atoms with Crippen molar-refractivity contribution in [3.63, 3.8) is 0 Å². The van der Waals surface area contributed by atoms with Crippen LogP contribution in [0.25, 0.3) is 0 Å². The monoisotopic (exact) mass is 135 g/mol. The van der Waals surface area contributed by atoms with E-state index < -0.39 is 5.97 Å². The fourth-order valence-electron chi connectivity index (χ4n) is 0.328. The summed E-state index contributed by atoms with van der Waals surface area (Å²) in [6.45, 7) is 1.98. The number of nitrogens with two attached hydrogens (primary N) is 1. The van der Waals surface area contributed by atoms with E-state index in [2.05, 4.69) is 5.90 Å². The first-order chi connectivity index (χ1) is 4.27. The van der Waals surface area contributed by atoms with E-state index in [0.29, 0.717) is 6.42 Å². The standard InChI is InChI=1S/C5H10O2.H3NO/c1-2-3-4-5(6)7;1-2/h2-4H2,1H3,(H,6,7);2H,1H2. The number of hydrogen-bond acceptors (Lipinski definition) is 3. The summed E-state index contributed by atoms with van der Waals surface area (Å²) in [5.74, 6) is 2.81. The Kier molecular flexibility index (Phi) is 13.0. The van der Waals surface area contributed by atoms with Crippen molar-refractivity contribution in [3.8, 4) is 0 Å². The van der Waals surface area contributed by atoms with Gasteiger partial charge in [-0.25, -0.2) is 5.90 Å². The van der Waals surface area contributed by atoms with Crippen LogP contribution in [0.3, 0.4) is 0 Å². The molecule has 0 atom stereocenters. The Morgan fingerprint density at radius 2 is 2.00 bits per heavy atom. The topological polar surface area (TPSA) is 83.5 Å². The van der Waals surface area contributed by atoms with Gasteiger partial charge in [-0.2, -0.15) is 0 Å². The third-order valence-corrected chi connectivity index (χ3v) is 0.744. The van der Waals surface area contributed by atoms with Crippen LogP contribution in [0.2, 0.25) is 0 Å². The predicted octanol–water partition coefficient (Wildman–Crippen LogP) is 0.596. The van der Waals surface area contributed by atoms with Crippen LogP contribution in [-0.2, 0) is 4.79 Å². The molecule has 0 bridgehead atoms. The van der Waals surface area contributed by atoms with Gasteiger partial charge in [-0.1, -0.05) is 13.3 Å². The third kappa shape index (κ3) is 18.7. The quantitative estimate of drug-likeness (QED) is 0.494. The molecular formula is C5H13NO3. The fourth-order valence-corrected chi connectivity index (χ4v) is 0.328. The van der Waals surface area contributed by atoms with Gasteiger partial charge in [0.15, 0.2) is 0 Å². The van der Waals surface area contributed by atoms with Gasteiger partial charge in [0.25, 0.3) is 0 Å². The minimum absolute atomic E-state index is 0.316. The van der Waals surface area contributed by atoms with E-state index in [1.807, 2.05) is 6.92 Å². The number of unbranched alkanes of at least 4 members (excludes halogenated alkanes) is 1. The van der Waals surface area contributed by atoms with Gasteiger partial charge in [0, 0.05) is 6.42 Å². The van der Waals surface area contributed by atoms with E-state index >= 15 is 0 Å². The van der Waals surface area contributed by atoms with E-state index in [1.54, 1.807) is 0 Å². The lowest BCUT2D eigenvalue weighted by Crippen LogP contribution is -1.91. The Balaban J connectivity index is 0. The molecule has 0 heterocycles. The van der Waals surface area contributed by atoms with Crippen LogP contribution in [0, 0.1) is 0 Å². The van der Waals surface area contributed by atoms with Crippen molar-refractivity contribution in [1.29, 1.82) is 0 Å². The molecule has 0 aromatic carbocycles. The molecule has 4 nitrogen and oxygen atoms in total. The summed E-state index contributed by atoms with van der Waals surface area (Å²) < 4.78 is 0. The van der Waals surface area contributed by atoms with Gasteiger partial charge in [-0.05, 0) is 6.42 Å². The van der Waals surface area contributed by atoms with Crippen LogP contribution in [0.5, 0.6) is 0 Å². The second kappa shape index (κ2) is 10.4. The highest BCUT2D eigenvalue weighted by molar-refractivity contribution is 5.66. The molecule has 4 N–H and O–H groups in total. The maximum absolute atomic E-state index is 9.76. The maximum atomic E-state index is 9.76. The van der Waals surface area contributed by atoms with Crippen molar-refractivity contribution in [2.24, 2.45) is 5.90 Å². The van der Waals surface area contributed by atoms with Crippen molar-refractivity contribution in [2.75, 3.05) is 0 Å². The highest BCUT2D eigenvalue weighted by Gasteiger charge is 1.90. The number of aliphatic carboxylic acids is 1. The van der Waals surface area contributed by atoms with Crippen LogP contribution in [0.4, 0.5) is 0 Å². The largest absolute Gasteiger partial charge is 0.481 e. The lowest BCUT2D eigenvalue weighted by atomic mass is 10.3. The van der Waals surface area contributed by atoms with Crippen LogP contribution in [-0.4, -0.2) is 16.3 Å². The van der Waals surface area contributed by atoms with Crippen molar-refractivity contribution < 1.29 is 15.1 Å². The second-order valence-corrected chi connectivity index (χ2v) is 1.50. The Hall–Kier alpha value is -0.610. The first-order valence-corrected chi connectivity index (χ1v) is 2.75. The molecule has 0 aromatic rings. The molecule has 9 heavy (non-hydrogen) atoms. The molecule has 0 unspecified atom stereocenters. The predicted molar refractivity (Wildman–Crippen MR) is 33.1 cm³/mol. The molecule has 0 saturated carbocycles. The zero-order valence-corrected chi connectivity index (χ0v) is 5.50. The number of hydrogen-bond donors (Lipinski definition) is 3. The average molecular weight is 135 g/mol. The molecule has 56 valence electrons. The SMILES string of the molecule is CCCCC(=O)O.NO. The summed E-state index contributed by atoms with van der Waals surface area (Å²) in [6.07, 6.45) is 2.08. The molecule has 0 spiro atoms. The maximum Gasteiger partial charge on any atom is 0.303 e. The zero-order valence-electron chi connectivity index (χ0n) is 5.50. The van der Waals surface area contributed by atoms with E-state index in [9.17, 15) is 4.79 Å². The highest BCUT2D eigenvalue weighted by atomic mass is 16.4. The Bertz CT molecular complexity index is 65.2. The molecular weight excluding hydrogens is 122 g/mol. The Morgan fingerprint density at radius 1 is 1.56 bits per heavy atom. The minimum atomic E-state index is -0.693. The van der Waals surface area contributed by atoms with Crippen LogP contribution < -0.4 is 5.90 Å². The van der Waals surface area contributed by atoms with E-state index in [-0.39, 0.29) is 0 Å². The van der Waals surface area contributed by atoms with Gasteiger partial charge in [0.2, 0.25) is 0 Å². The lowest BCUT2D eigenvalue weighted by Gasteiger charge is -1.85. The zero-order chi connectivity index (χ0) is 7.70. The number of carbonyl (C=O) groups is 1. The van der Waals surface area contributed by atoms with E-state index in [4.69, 9.17) is 10.3 Å². The van der Waals surface area contributed by atoms with Gasteiger partial charge < -0.3 is 10.3 Å². The van der Waals surface area contributed by atoms with Crippen LogP contribution in [0.15, 0.2) is 0 Å². The van der Waals surface area contributed by atoms with Crippen LogP contribution >= 0.6 is 0 Å². The molecule has 0 aromatic heterocycles. The molecule has 0 saturated heterocycles. The van der Waals surface area contributed by atoms with E-state index in [1.165, 1.54) is 0 Å². The molecule has 0 rings (SSSR count). The molecule has 0 radical (unpaired) electrons. The molecule has 0 aliphatic carbocycles. The summed E-state index contributed by atoms with van der Waals surface area (Å²) >= 11 is 0. The minimum Gasteiger partial charge on any atom is -0.481 e. The fraction of sp³-hybridized carbons (Fsp3) is 0.800. The van der Waals surface area contributed by atoms with Gasteiger partial charge in [0.1, 0.15) is 0 Å². The molecule has 0 aliphatic heterocycles. The smallest absolute Gasteiger partial charge is 0.303 e. The second-order valence-electron chi connectivity index (χ2n) is 1.50. The van der Waals surface area contributed by atoms with Crippen molar-refractivity contribution in [2.45, 2.75) is 26.2 Å². The molecule has 0 amide bonds. The average Bonchev–Trinajstić information content (AvgIpc) is 1.88. The van der Waals surface area contributed by atoms with E-state index in [0.717, 1.165) is 12.8 Å². The van der Waals surface area contributed by atoms with Gasteiger partial charge in [-0.15, -0.1) is 0 Å². The first kappa shape index (κ1) is 11.2. The molecule has 0 aliphatic rings.